The van der Waals surface area contributed by atoms with E-state index in [1.54, 1.807) is 0 Å². The van der Waals surface area contributed by atoms with Gasteiger partial charge in [0.05, 0.1) is 5.69 Å². The van der Waals surface area contributed by atoms with Crippen LogP contribution in [0.1, 0.15) is 42.2 Å². The minimum atomic E-state index is 0.249. The number of hydrogen-bond donors (Lipinski definition) is 0. The van der Waals surface area contributed by atoms with Crippen molar-refractivity contribution < 1.29 is 4.79 Å². The van der Waals surface area contributed by atoms with Crippen LogP contribution in [0.4, 0.5) is 0 Å². The highest BCUT2D eigenvalue weighted by Crippen LogP contribution is 2.38. The number of halogens is 1. The van der Waals surface area contributed by atoms with Crippen molar-refractivity contribution in [1.29, 1.82) is 0 Å². The molecule has 0 radical (unpaired) electrons. The SMILES string of the molecule is CC(C)n1nccc1-c1c(Br)ccc2c1CCC2=O. The molecule has 2 aromatic rings. The molecule has 0 unspecified atom stereocenters. The molecule has 4 heteroatoms. The molecule has 1 aromatic heterocycles. The molecule has 0 atom stereocenters. The number of carbonyl (C=O) groups excluding carboxylic acids is 1. The number of fused-ring (bicyclic) bond motifs is 1. The lowest BCUT2D eigenvalue weighted by molar-refractivity contribution is 0.0994. The van der Waals surface area contributed by atoms with E-state index in [2.05, 4.69) is 34.9 Å². The van der Waals surface area contributed by atoms with Gasteiger partial charge in [0.1, 0.15) is 0 Å². The van der Waals surface area contributed by atoms with E-state index in [4.69, 9.17) is 0 Å². The number of nitrogens with zero attached hydrogens (tertiary/aromatic N) is 2. The number of hydrogen-bond acceptors (Lipinski definition) is 2. The maximum atomic E-state index is 11.9. The number of ketones is 1. The molecular weight excluding hydrogens is 304 g/mol. The number of rotatable bonds is 2. The van der Waals surface area contributed by atoms with Crippen LogP contribution >= 0.6 is 15.9 Å². The fourth-order valence-corrected chi connectivity index (χ4v) is 3.29. The minimum absolute atomic E-state index is 0.249. The molecule has 1 aromatic carbocycles. The Kier molecular flexibility index (Phi) is 3.05. The first-order chi connectivity index (χ1) is 9.09. The van der Waals surface area contributed by atoms with Gasteiger partial charge in [0.25, 0.3) is 0 Å². The summed E-state index contributed by atoms with van der Waals surface area (Å²) >= 11 is 3.62. The van der Waals surface area contributed by atoms with Gasteiger partial charge >= 0.3 is 0 Å². The van der Waals surface area contributed by atoms with Crippen molar-refractivity contribution in [3.63, 3.8) is 0 Å². The molecule has 0 saturated carbocycles. The third-order valence-electron chi connectivity index (χ3n) is 3.58. The molecule has 1 aliphatic carbocycles. The Morgan fingerprint density at radius 3 is 2.79 bits per heavy atom. The molecule has 0 N–H and O–H groups in total. The van der Waals surface area contributed by atoms with Gasteiger partial charge in [0, 0.05) is 34.3 Å². The largest absolute Gasteiger partial charge is 0.294 e. The Labute approximate surface area is 120 Å². The van der Waals surface area contributed by atoms with Crippen molar-refractivity contribution >= 4 is 21.7 Å². The number of carbonyl (C=O) groups is 1. The summed E-state index contributed by atoms with van der Waals surface area (Å²) in [5.74, 6) is 0.249. The van der Waals surface area contributed by atoms with E-state index in [0.717, 1.165) is 33.3 Å². The average molecular weight is 319 g/mol. The van der Waals surface area contributed by atoms with Crippen molar-refractivity contribution in [3.8, 4) is 11.3 Å². The Morgan fingerprint density at radius 2 is 2.05 bits per heavy atom. The number of aromatic nitrogens is 2. The highest BCUT2D eigenvalue weighted by molar-refractivity contribution is 9.10. The van der Waals surface area contributed by atoms with Crippen molar-refractivity contribution in [2.45, 2.75) is 32.7 Å². The van der Waals surface area contributed by atoms with E-state index in [1.807, 2.05) is 29.1 Å². The normalized spacial score (nSPS) is 14.2. The van der Waals surface area contributed by atoms with Crippen LogP contribution in [0.15, 0.2) is 28.9 Å². The van der Waals surface area contributed by atoms with E-state index in [9.17, 15) is 4.79 Å². The summed E-state index contributed by atoms with van der Waals surface area (Å²) in [6.45, 7) is 4.22. The predicted molar refractivity (Wildman–Crippen MR) is 78.4 cm³/mol. The fourth-order valence-electron chi connectivity index (χ4n) is 2.71. The molecule has 19 heavy (non-hydrogen) atoms. The molecule has 0 saturated heterocycles. The van der Waals surface area contributed by atoms with Crippen LogP contribution in [-0.4, -0.2) is 15.6 Å². The standard InChI is InChI=1S/C15H15BrN2O/c1-9(2)18-13(7-8-17-18)15-11-4-6-14(19)10(11)3-5-12(15)16/h3,5,7-9H,4,6H2,1-2H3. The Balaban J connectivity index is 2.26. The van der Waals surface area contributed by atoms with Crippen LogP contribution in [0.25, 0.3) is 11.3 Å². The maximum absolute atomic E-state index is 11.9. The zero-order valence-electron chi connectivity index (χ0n) is 11.0. The van der Waals surface area contributed by atoms with Crippen LogP contribution in [0, 0.1) is 0 Å². The second-order valence-corrected chi connectivity index (χ2v) is 5.98. The third-order valence-corrected chi connectivity index (χ3v) is 4.24. The summed E-state index contributed by atoms with van der Waals surface area (Å²) in [6.07, 6.45) is 3.26. The lowest BCUT2D eigenvalue weighted by atomic mass is 10.0. The first-order valence-corrected chi connectivity index (χ1v) is 7.27. The Bertz CT molecular complexity index is 658. The van der Waals surface area contributed by atoms with Crippen molar-refractivity contribution in [2.24, 2.45) is 0 Å². The molecular formula is C15H15BrN2O. The Hall–Kier alpha value is -1.42. The summed E-state index contributed by atoms with van der Waals surface area (Å²) in [5.41, 5.74) is 4.22. The molecule has 1 heterocycles. The Morgan fingerprint density at radius 1 is 1.26 bits per heavy atom. The van der Waals surface area contributed by atoms with Crippen molar-refractivity contribution in [1.82, 2.24) is 9.78 Å². The molecule has 0 spiro atoms. The quantitative estimate of drug-likeness (QED) is 0.838. The molecule has 0 aliphatic heterocycles. The monoisotopic (exact) mass is 318 g/mol. The first-order valence-electron chi connectivity index (χ1n) is 6.48. The van der Waals surface area contributed by atoms with Gasteiger partial charge in [-0.1, -0.05) is 15.9 Å². The van der Waals surface area contributed by atoms with Crippen LogP contribution in [-0.2, 0) is 6.42 Å². The van der Waals surface area contributed by atoms with E-state index in [-0.39, 0.29) is 5.78 Å². The molecule has 0 amide bonds. The second kappa shape index (κ2) is 4.60. The van der Waals surface area contributed by atoms with Crippen molar-refractivity contribution in [3.05, 3.63) is 40.0 Å². The smallest absolute Gasteiger partial charge is 0.163 e. The van der Waals surface area contributed by atoms with Gasteiger partial charge in [-0.2, -0.15) is 5.10 Å². The summed E-state index contributed by atoms with van der Waals surface area (Å²) in [6, 6.07) is 6.21. The van der Waals surface area contributed by atoms with Crippen molar-refractivity contribution in [2.75, 3.05) is 0 Å². The zero-order valence-corrected chi connectivity index (χ0v) is 12.6. The number of benzene rings is 1. The van der Waals surface area contributed by atoms with Crippen LogP contribution in [0.2, 0.25) is 0 Å². The summed E-state index contributed by atoms with van der Waals surface area (Å²) < 4.78 is 3.03. The highest BCUT2D eigenvalue weighted by atomic mass is 79.9. The molecule has 0 fully saturated rings. The number of Topliss-reactive ketones (excluding diaryl/α,β-unsaturated/α-hetero) is 1. The molecule has 3 rings (SSSR count). The fraction of sp³-hybridized carbons (Fsp3) is 0.333. The van der Waals surface area contributed by atoms with Gasteiger partial charge in [-0.25, -0.2) is 0 Å². The second-order valence-electron chi connectivity index (χ2n) is 5.13. The van der Waals surface area contributed by atoms with Crippen LogP contribution in [0.5, 0.6) is 0 Å². The molecule has 0 bridgehead atoms. The van der Waals surface area contributed by atoms with Gasteiger partial charge in [0.15, 0.2) is 5.78 Å². The van der Waals surface area contributed by atoms with E-state index in [1.165, 1.54) is 0 Å². The van der Waals surface area contributed by atoms with Crippen LogP contribution < -0.4 is 0 Å². The predicted octanol–water partition coefficient (Wildman–Crippen LogP) is 4.02. The first kappa shape index (κ1) is 12.6. The van der Waals surface area contributed by atoms with Gasteiger partial charge in [0.2, 0.25) is 0 Å². The van der Waals surface area contributed by atoms with Gasteiger partial charge in [-0.15, -0.1) is 0 Å². The van der Waals surface area contributed by atoms with Crippen LogP contribution in [0.3, 0.4) is 0 Å². The van der Waals surface area contributed by atoms with Gasteiger partial charge in [-0.05, 0) is 44.0 Å². The maximum Gasteiger partial charge on any atom is 0.163 e. The lowest BCUT2D eigenvalue weighted by Gasteiger charge is -2.15. The van der Waals surface area contributed by atoms with Gasteiger partial charge in [-0.3, -0.25) is 9.48 Å². The molecule has 1 aliphatic rings. The zero-order chi connectivity index (χ0) is 13.6. The third kappa shape index (κ3) is 1.94. The summed E-state index contributed by atoms with van der Waals surface area (Å²) in [7, 11) is 0. The van der Waals surface area contributed by atoms with Gasteiger partial charge < -0.3 is 0 Å². The topological polar surface area (TPSA) is 34.9 Å². The molecule has 3 nitrogen and oxygen atoms in total. The summed E-state index contributed by atoms with van der Waals surface area (Å²) in [5, 5.41) is 4.39. The average Bonchev–Trinajstić information content (AvgIpc) is 2.97. The van der Waals surface area contributed by atoms with E-state index < -0.39 is 0 Å². The molecule has 98 valence electrons. The van der Waals surface area contributed by atoms with E-state index >= 15 is 0 Å². The summed E-state index contributed by atoms with van der Waals surface area (Å²) in [4.78, 5) is 11.9. The highest BCUT2D eigenvalue weighted by Gasteiger charge is 2.25. The minimum Gasteiger partial charge on any atom is -0.294 e. The lowest BCUT2D eigenvalue weighted by Crippen LogP contribution is -2.06. The van der Waals surface area contributed by atoms with E-state index in [0.29, 0.717) is 12.5 Å².